The Morgan fingerprint density at radius 1 is 1.10 bits per heavy atom. The molecule has 29 heavy (non-hydrogen) atoms. The SMILES string of the molecule is CCCNC(=O)c1nc(C(=O)N2CCN(c3ccccn3)CC2)c2n1CCCC2. The molecule has 0 atom stereocenters. The Labute approximate surface area is 170 Å². The third-order valence-electron chi connectivity index (χ3n) is 5.60. The molecule has 2 aliphatic rings. The normalized spacial score (nSPS) is 16.4. The summed E-state index contributed by atoms with van der Waals surface area (Å²) in [6, 6.07) is 5.87. The van der Waals surface area contributed by atoms with Crippen molar-refractivity contribution in [3.8, 4) is 0 Å². The maximum absolute atomic E-state index is 13.2. The van der Waals surface area contributed by atoms with Crippen molar-refractivity contribution in [2.75, 3.05) is 37.6 Å². The fourth-order valence-corrected chi connectivity index (χ4v) is 4.03. The van der Waals surface area contributed by atoms with Gasteiger partial charge in [-0.25, -0.2) is 9.97 Å². The molecule has 8 nitrogen and oxygen atoms in total. The number of nitrogens with one attached hydrogen (secondary N) is 1. The van der Waals surface area contributed by atoms with E-state index in [9.17, 15) is 9.59 Å². The van der Waals surface area contributed by atoms with Crippen LogP contribution < -0.4 is 10.2 Å². The first kappa shape index (κ1) is 19.4. The molecule has 0 saturated carbocycles. The summed E-state index contributed by atoms with van der Waals surface area (Å²) >= 11 is 0. The van der Waals surface area contributed by atoms with Gasteiger partial charge in [-0.05, 0) is 37.8 Å². The van der Waals surface area contributed by atoms with E-state index in [1.54, 1.807) is 6.20 Å². The molecule has 0 unspecified atom stereocenters. The minimum atomic E-state index is -0.186. The van der Waals surface area contributed by atoms with Gasteiger partial charge in [-0.3, -0.25) is 9.59 Å². The van der Waals surface area contributed by atoms with Crippen molar-refractivity contribution >= 4 is 17.6 Å². The van der Waals surface area contributed by atoms with E-state index >= 15 is 0 Å². The first-order valence-corrected chi connectivity index (χ1v) is 10.5. The fourth-order valence-electron chi connectivity index (χ4n) is 4.03. The van der Waals surface area contributed by atoms with E-state index in [1.807, 2.05) is 34.6 Å². The molecule has 0 bridgehead atoms. The number of pyridine rings is 1. The fraction of sp³-hybridized carbons (Fsp3) is 0.524. The van der Waals surface area contributed by atoms with Gasteiger partial charge in [-0.1, -0.05) is 13.0 Å². The van der Waals surface area contributed by atoms with Crippen molar-refractivity contribution in [1.29, 1.82) is 0 Å². The summed E-state index contributed by atoms with van der Waals surface area (Å²) in [5.74, 6) is 1.07. The summed E-state index contributed by atoms with van der Waals surface area (Å²) in [5.41, 5.74) is 1.37. The number of hydrogen-bond acceptors (Lipinski definition) is 5. The number of fused-ring (bicyclic) bond motifs is 1. The molecule has 1 fully saturated rings. The number of piperazine rings is 1. The number of nitrogens with zero attached hydrogens (tertiary/aromatic N) is 5. The predicted molar refractivity (Wildman–Crippen MR) is 110 cm³/mol. The molecular weight excluding hydrogens is 368 g/mol. The smallest absolute Gasteiger partial charge is 0.287 e. The molecule has 2 aromatic rings. The highest BCUT2D eigenvalue weighted by molar-refractivity contribution is 5.97. The summed E-state index contributed by atoms with van der Waals surface area (Å²) in [4.78, 5) is 38.8. The second-order valence-electron chi connectivity index (χ2n) is 7.56. The molecule has 4 heterocycles. The number of hydrogen-bond donors (Lipinski definition) is 1. The van der Waals surface area contributed by atoms with Crippen molar-refractivity contribution in [2.24, 2.45) is 0 Å². The van der Waals surface area contributed by atoms with Crippen molar-refractivity contribution in [2.45, 2.75) is 39.2 Å². The molecule has 2 amide bonds. The highest BCUT2D eigenvalue weighted by Crippen LogP contribution is 2.23. The summed E-state index contributed by atoms with van der Waals surface area (Å²) in [6.45, 7) is 6.10. The Kier molecular flexibility index (Phi) is 5.78. The van der Waals surface area contributed by atoms with Gasteiger partial charge in [0.05, 0.1) is 5.69 Å². The maximum Gasteiger partial charge on any atom is 0.287 e. The van der Waals surface area contributed by atoms with Crippen LogP contribution in [0.15, 0.2) is 24.4 Å². The zero-order chi connectivity index (χ0) is 20.2. The molecule has 0 aromatic carbocycles. The van der Waals surface area contributed by atoms with Gasteiger partial charge in [0.2, 0.25) is 0 Å². The molecule has 2 aromatic heterocycles. The van der Waals surface area contributed by atoms with E-state index in [-0.39, 0.29) is 11.8 Å². The lowest BCUT2D eigenvalue weighted by Gasteiger charge is -2.35. The van der Waals surface area contributed by atoms with Crippen molar-refractivity contribution in [3.63, 3.8) is 0 Å². The monoisotopic (exact) mass is 396 g/mol. The van der Waals surface area contributed by atoms with Gasteiger partial charge in [-0.15, -0.1) is 0 Å². The van der Waals surface area contributed by atoms with Gasteiger partial charge in [0.25, 0.3) is 11.8 Å². The number of imidazole rings is 1. The summed E-state index contributed by atoms with van der Waals surface area (Å²) in [5, 5.41) is 2.89. The van der Waals surface area contributed by atoms with Crippen molar-refractivity contribution in [1.82, 2.24) is 24.8 Å². The standard InChI is InChI=1S/C21H28N6O2/c1-2-9-23-20(28)19-24-18(16-7-4-6-11-27(16)19)21(29)26-14-12-25(13-15-26)17-8-3-5-10-22-17/h3,5,8,10H,2,4,6-7,9,11-15H2,1H3,(H,23,28). The van der Waals surface area contributed by atoms with Gasteiger partial charge in [-0.2, -0.15) is 0 Å². The third kappa shape index (κ3) is 3.97. The van der Waals surface area contributed by atoms with Crippen LogP contribution in [0.2, 0.25) is 0 Å². The Bertz CT molecular complexity index is 871. The predicted octanol–water partition coefficient (Wildman–Crippen LogP) is 1.72. The summed E-state index contributed by atoms with van der Waals surface area (Å²) in [7, 11) is 0. The van der Waals surface area contributed by atoms with Crippen LogP contribution in [-0.2, 0) is 13.0 Å². The van der Waals surface area contributed by atoms with Gasteiger partial charge < -0.3 is 19.7 Å². The molecule has 4 rings (SSSR count). The lowest BCUT2D eigenvalue weighted by molar-refractivity contribution is 0.0739. The minimum absolute atomic E-state index is 0.0640. The van der Waals surface area contributed by atoms with E-state index in [0.29, 0.717) is 31.2 Å². The van der Waals surface area contributed by atoms with E-state index < -0.39 is 0 Å². The van der Waals surface area contributed by atoms with Gasteiger partial charge in [0, 0.05) is 45.5 Å². The van der Waals surface area contributed by atoms with Gasteiger partial charge >= 0.3 is 0 Å². The van der Waals surface area contributed by atoms with Crippen LogP contribution in [0, 0.1) is 0 Å². The molecule has 154 valence electrons. The highest BCUT2D eigenvalue weighted by atomic mass is 16.2. The minimum Gasteiger partial charge on any atom is -0.353 e. The number of carbonyl (C=O) groups excluding carboxylic acids is 2. The Morgan fingerprint density at radius 2 is 1.93 bits per heavy atom. The Morgan fingerprint density at radius 3 is 2.66 bits per heavy atom. The zero-order valence-electron chi connectivity index (χ0n) is 16.9. The van der Waals surface area contributed by atoms with E-state index in [4.69, 9.17) is 0 Å². The quantitative estimate of drug-likeness (QED) is 0.832. The van der Waals surface area contributed by atoms with Gasteiger partial charge in [0.1, 0.15) is 11.5 Å². The molecule has 0 aliphatic carbocycles. The molecule has 2 aliphatic heterocycles. The van der Waals surface area contributed by atoms with Gasteiger partial charge in [0.15, 0.2) is 5.82 Å². The topological polar surface area (TPSA) is 83.4 Å². The van der Waals surface area contributed by atoms with E-state index in [2.05, 4.69) is 20.2 Å². The molecule has 8 heteroatoms. The first-order chi connectivity index (χ1) is 14.2. The number of rotatable bonds is 5. The molecule has 0 radical (unpaired) electrons. The third-order valence-corrected chi connectivity index (χ3v) is 5.60. The largest absolute Gasteiger partial charge is 0.353 e. The molecule has 1 N–H and O–H groups in total. The van der Waals surface area contributed by atoms with Crippen LogP contribution in [0.3, 0.4) is 0 Å². The zero-order valence-corrected chi connectivity index (χ0v) is 16.9. The molecule has 0 spiro atoms. The highest BCUT2D eigenvalue weighted by Gasteiger charge is 2.31. The Balaban J connectivity index is 1.50. The first-order valence-electron chi connectivity index (χ1n) is 10.5. The van der Waals surface area contributed by atoms with E-state index in [0.717, 1.165) is 56.8 Å². The maximum atomic E-state index is 13.2. The van der Waals surface area contributed by atoms with Crippen LogP contribution in [0.1, 0.15) is 53.0 Å². The van der Waals surface area contributed by atoms with Crippen molar-refractivity contribution < 1.29 is 9.59 Å². The average Bonchev–Trinajstić information content (AvgIpc) is 3.17. The lowest BCUT2D eigenvalue weighted by Crippen LogP contribution is -2.49. The number of anilines is 1. The van der Waals surface area contributed by atoms with Crippen LogP contribution in [0.25, 0.3) is 0 Å². The van der Waals surface area contributed by atoms with Crippen LogP contribution in [0.4, 0.5) is 5.82 Å². The van der Waals surface area contributed by atoms with E-state index in [1.165, 1.54) is 0 Å². The second kappa shape index (κ2) is 8.63. The van der Waals surface area contributed by atoms with Crippen molar-refractivity contribution in [3.05, 3.63) is 41.6 Å². The summed E-state index contributed by atoms with van der Waals surface area (Å²) in [6.07, 6.45) is 5.48. The number of aromatic nitrogens is 3. The number of carbonyl (C=O) groups is 2. The van der Waals surface area contributed by atoms with Crippen LogP contribution in [0.5, 0.6) is 0 Å². The second-order valence-corrected chi connectivity index (χ2v) is 7.56. The summed E-state index contributed by atoms with van der Waals surface area (Å²) < 4.78 is 1.95. The van der Waals surface area contributed by atoms with Crippen LogP contribution >= 0.6 is 0 Å². The molecular formula is C21H28N6O2. The van der Waals surface area contributed by atoms with Crippen LogP contribution in [-0.4, -0.2) is 64.0 Å². The lowest BCUT2D eigenvalue weighted by atomic mass is 10.1. The Hall–Kier alpha value is -2.90. The number of amides is 2. The average molecular weight is 396 g/mol. The molecule has 1 saturated heterocycles.